The van der Waals surface area contributed by atoms with Crippen molar-refractivity contribution in [3.05, 3.63) is 65.2 Å². The third-order valence-electron chi connectivity index (χ3n) is 4.68. The first kappa shape index (κ1) is 20.9. The lowest BCUT2D eigenvalue weighted by molar-refractivity contribution is 0.0956. The summed E-state index contributed by atoms with van der Waals surface area (Å²) in [6.45, 7) is 3.72. The monoisotopic (exact) mass is 418 g/mol. The Morgan fingerprint density at radius 1 is 1.11 bits per heavy atom. The van der Waals surface area contributed by atoms with Crippen LogP contribution in [0, 0.1) is 6.92 Å². The summed E-state index contributed by atoms with van der Waals surface area (Å²) in [6.07, 6.45) is 1.78. The highest BCUT2D eigenvalue weighted by Gasteiger charge is 2.27. The van der Waals surface area contributed by atoms with Gasteiger partial charge in [-0.15, -0.1) is 0 Å². The van der Waals surface area contributed by atoms with Gasteiger partial charge in [-0.25, -0.2) is 8.42 Å². The topological polar surface area (TPSA) is 66.5 Å². The molecule has 0 unspecified atom stereocenters. The molecule has 0 bridgehead atoms. The number of rotatable bonds is 8. The number of aryl methyl sites for hydroxylation is 1. The molecule has 0 saturated carbocycles. The Hall–Kier alpha value is -1.83. The molecule has 150 valence electrons. The first-order valence-corrected chi connectivity index (χ1v) is 12.1. The number of hydrogen-bond acceptors (Lipinski definition) is 4. The number of nitrogens with one attached hydrogen (secondary N) is 1. The Labute approximate surface area is 171 Å². The van der Waals surface area contributed by atoms with Crippen LogP contribution in [0.1, 0.15) is 34.3 Å². The molecule has 1 aliphatic rings. The van der Waals surface area contributed by atoms with Crippen LogP contribution in [0.15, 0.2) is 53.4 Å². The van der Waals surface area contributed by atoms with Crippen LogP contribution in [0.3, 0.4) is 0 Å². The summed E-state index contributed by atoms with van der Waals surface area (Å²) in [7, 11) is -3.51. The van der Waals surface area contributed by atoms with E-state index in [9.17, 15) is 13.2 Å². The van der Waals surface area contributed by atoms with Crippen molar-refractivity contribution in [2.45, 2.75) is 30.4 Å². The van der Waals surface area contributed by atoms with Crippen molar-refractivity contribution in [3.8, 4) is 0 Å². The molecule has 3 rings (SSSR count). The Kier molecular flexibility index (Phi) is 7.15. The van der Waals surface area contributed by atoms with E-state index in [-0.39, 0.29) is 10.8 Å². The van der Waals surface area contributed by atoms with E-state index in [2.05, 4.69) is 36.5 Å². The molecular weight excluding hydrogens is 392 g/mol. The molecule has 2 aromatic carbocycles. The van der Waals surface area contributed by atoms with Crippen molar-refractivity contribution in [2.75, 3.05) is 25.4 Å². The molecule has 1 N–H and O–H groups in total. The zero-order valence-electron chi connectivity index (χ0n) is 16.1. The molecule has 0 atom stereocenters. The summed E-state index contributed by atoms with van der Waals surface area (Å²) >= 11 is 1.76. The quantitative estimate of drug-likeness (QED) is 0.667. The molecule has 5 nitrogen and oxygen atoms in total. The normalized spacial score (nSPS) is 14.9. The molecular formula is C21H26N2O3S2. The smallest absolute Gasteiger partial charge is 0.251 e. The minimum absolute atomic E-state index is 0.191. The van der Waals surface area contributed by atoms with Gasteiger partial charge in [-0.3, -0.25) is 4.79 Å². The maximum absolute atomic E-state index is 12.7. The third-order valence-corrected chi connectivity index (χ3v) is 7.61. The summed E-state index contributed by atoms with van der Waals surface area (Å²) < 4.78 is 26.8. The van der Waals surface area contributed by atoms with Crippen LogP contribution in [0.2, 0.25) is 0 Å². The first-order chi connectivity index (χ1) is 13.5. The maximum atomic E-state index is 12.7. The van der Waals surface area contributed by atoms with Gasteiger partial charge in [-0.05, 0) is 43.5 Å². The number of benzene rings is 2. The average molecular weight is 419 g/mol. The van der Waals surface area contributed by atoms with Gasteiger partial charge in [-0.2, -0.15) is 16.1 Å². The Balaban J connectivity index is 1.50. The zero-order valence-corrected chi connectivity index (χ0v) is 17.7. The predicted octanol–water partition coefficient (Wildman–Crippen LogP) is 3.44. The van der Waals surface area contributed by atoms with Gasteiger partial charge in [0.1, 0.15) is 0 Å². The van der Waals surface area contributed by atoms with Gasteiger partial charge < -0.3 is 5.32 Å². The van der Waals surface area contributed by atoms with Gasteiger partial charge in [0.25, 0.3) is 5.91 Å². The lowest BCUT2D eigenvalue weighted by Gasteiger charge is -2.16. The highest BCUT2D eigenvalue weighted by atomic mass is 32.2. The standard InChI is InChI=1S/C21H26N2O3S2/c1-17-6-4-7-18(14-17)16-27-13-10-22-21(24)19-8-5-9-20(15-19)28(25,26)23-11-2-3-12-23/h4-9,14-15H,2-3,10-13,16H2,1H3,(H,22,24). The van der Waals surface area contributed by atoms with Crippen LogP contribution >= 0.6 is 11.8 Å². The fourth-order valence-electron chi connectivity index (χ4n) is 3.21. The molecule has 28 heavy (non-hydrogen) atoms. The van der Waals surface area contributed by atoms with E-state index in [1.807, 2.05) is 0 Å². The number of thioether (sulfide) groups is 1. The van der Waals surface area contributed by atoms with Crippen molar-refractivity contribution in [1.29, 1.82) is 0 Å². The molecule has 1 saturated heterocycles. The summed E-state index contributed by atoms with van der Waals surface area (Å²) in [5.41, 5.74) is 2.90. The number of carbonyl (C=O) groups excluding carboxylic acids is 1. The van der Waals surface area contributed by atoms with Crippen LogP contribution in [-0.2, 0) is 15.8 Å². The molecule has 1 amide bonds. The zero-order chi connectivity index (χ0) is 20.0. The minimum atomic E-state index is -3.51. The molecule has 7 heteroatoms. The van der Waals surface area contributed by atoms with Gasteiger partial charge in [-0.1, -0.05) is 35.9 Å². The van der Waals surface area contributed by atoms with E-state index in [0.29, 0.717) is 25.2 Å². The number of hydrogen-bond donors (Lipinski definition) is 1. The van der Waals surface area contributed by atoms with Crippen molar-refractivity contribution in [3.63, 3.8) is 0 Å². The molecule has 2 aromatic rings. The third kappa shape index (κ3) is 5.37. The molecule has 0 radical (unpaired) electrons. The van der Waals surface area contributed by atoms with Crippen LogP contribution in [0.4, 0.5) is 0 Å². The van der Waals surface area contributed by atoms with Crippen LogP contribution in [0.25, 0.3) is 0 Å². The second-order valence-corrected chi connectivity index (χ2v) is 9.98. The lowest BCUT2D eigenvalue weighted by atomic mass is 10.2. The van der Waals surface area contributed by atoms with Crippen LogP contribution in [0.5, 0.6) is 0 Å². The lowest BCUT2D eigenvalue weighted by Crippen LogP contribution is -2.29. The summed E-state index contributed by atoms with van der Waals surface area (Å²) in [6, 6.07) is 14.7. The fourth-order valence-corrected chi connectivity index (χ4v) is 5.58. The minimum Gasteiger partial charge on any atom is -0.351 e. The molecule has 1 fully saturated rings. The van der Waals surface area contributed by atoms with Gasteiger partial charge in [0.15, 0.2) is 0 Å². The van der Waals surface area contributed by atoms with Crippen LogP contribution < -0.4 is 5.32 Å². The van der Waals surface area contributed by atoms with Gasteiger partial charge in [0.05, 0.1) is 4.90 Å². The number of amides is 1. The van der Waals surface area contributed by atoms with E-state index < -0.39 is 10.0 Å². The van der Waals surface area contributed by atoms with E-state index in [1.165, 1.54) is 21.5 Å². The molecule has 1 heterocycles. The highest BCUT2D eigenvalue weighted by Crippen LogP contribution is 2.21. The predicted molar refractivity (Wildman–Crippen MR) is 114 cm³/mol. The average Bonchev–Trinajstić information content (AvgIpc) is 3.23. The molecule has 0 aromatic heterocycles. The SMILES string of the molecule is Cc1cccc(CSCCNC(=O)c2cccc(S(=O)(=O)N3CCCC3)c2)c1. The largest absolute Gasteiger partial charge is 0.351 e. The fraction of sp³-hybridized carbons (Fsp3) is 0.381. The number of nitrogens with zero attached hydrogens (tertiary/aromatic N) is 1. The number of sulfonamides is 1. The van der Waals surface area contributed by atoms with E-state index in [0.717, 1.165) is 24.3 Å². The van der Waals surface area contributed by atoms with Crippen LogP contribution in [-0.4, -0.2) is 44.0 Å². The summed E-state index contributed by atoms with van der Waals surface area (Å²) in [5, 5.41) is 2.88. The van der Waals surface area contributed by atoms with Crippen molar-refractivity contribution in [1.82, 2.24) is 9.62 Å². The van der Waals surface area contributed by atoms with Crippen molar-refractivity contribution in [2.24, 2.45) is 0 Å². The maximum Gasteiger partial charge on any atom is 0.251 e. The van der Waals surface area contributed by atoms with Gasteiger partial charge in [0.2, 0.25) is 10.0 Å². The second-order valence-electron chi connectivity index (χ2n) is 6.94. The molecule has 0 spiro atoms. The summed E-state index contributed by atoms with van der Waals surface area (Å²) in [5.74, 6) is 1.46. The van der Waals surface area contributed by atoms with Crippen molar-refractivity contribution < 1.29 is 13.2 Å². The first-order valence-electron chi connectivity index (χ1n) is 9.48. The van der Waals surface area contributed by atoms with Gasteiger partial charge in [0, 0.05) is 36.7 Å². The van der Waals surface area contributed by atoms with E-state index in [4.69, 9.17) is 0 Å². The van der Waals surface area contributed by atoms with E-state index in [1.54, 1.807) is 30.0 Å². The highest BCUT2D eigenvalue weighted by molar-refractivity contribution is 7.98. The Morgan fingerprint density at radius 3 is 2.61 bits per heavy atom. The van der Waals surface area contributed by atoms with E-state index >= 15 is 0 Å². The number of carbonyl (C=O) groups is 1. The van der Waals surface area contributed by atoms with Gasteiger partial charge >= 0.3 is 0 Å². The molecule has 0 aliphatic carbocycles. The van der Waals surface area contributed by atoms with Crippen molar-refractivity contribution >= 4 is 27.7 Å². The Morgan fingerprint density at radius 2 is 1.86 bits per heavy atom. The molecule has 1 aliphatic heterocycles. The Bertz CT molecular complexity index is 923. The summed E-state index contributed by atoms with van der Waals surface area (Å²) in [4.78, 5) is 12.6. The second kappa shape index (κ2) is 9.58.